The van der Waals surface area contributed by atoms with Gasteiger partial charge in [-0.25, -0.2) is 4.39 Å². The SMILES string of the molecule is C/C=C\C[C@@](F)(CCCCCC)C(N)=O.CC.CC1CCCC1.[HH]. The van der Waals surface area contributed by atoms with Crippen molar-refractivity contribution >= 4 is 5.91 Å². The predicted molar refractivity (Wildman–Crippen MR) is 102 cm³/mol. The van der Waals surface area contributed by atoms with Gasteiger partial charge in [0.1, 0.15) is 0 Å². The molecule has 0 aliphatic heterocycles. The van der Waals surface area contributed by atoms with Crippen molar-refractivity contribution in [3.63, 3.8) is 0 Å². The van der Waals surface area contributed by atoms with Gasteiger partial charge < -0.3 is 5.73 Å². The fourth-order valence-electron chi connectivity index (χ4n) is 2.59. The molecule has 2 nitrogen and oxygen atoms in total. The Balaban J connectivity index is -0.000000406. The second-order valence-electron chi connectivity index (χ2n) is 6.30. The standard InChI is InChI=1S/C12H22FNO.C6H12.C2H6.H2/c1-3-5-7-8-10-12(13,11(14)15)9-6-4-2;1-6-4-2-3-5-6;1-2;/h4,6H,3,5,7-10H2,1-2H3,(H2,14,15);6H,2-5H2,1H3;1-2H3;1H/b6-4-;;;/t12-;;;/m1.../s1. The molecule has 0 unspecified atom stereocenters. The first-order valence-corrected chi connectivity index (χ1v) is 9.56. The van der Waals surface area contributed by atoms with Gasteiger partial charge in [-0.3, -0.25) is 4.79 Å². The summed E-state index contributed by atoms with van der Waals surface area (Å²) >= 11 is 0. The maximum Gasteiger partial charge on any atom is 0.255 e. The first kappa shape index (κ1) is 24.4. The molecule has 0 saturated heterocycles. The molecule has 1 aliphatic rings. The first-order valence-electron chi connectivity index (χ1n) is 9.56. The summed E-state index contributed by atoms with van der Waals surface area (Å²) in [5, 5.41) is 0. The van der Waals surface area contributed by atoms with Crippen LogP contribution in [0.5, 0.6) is 0 Å². The normalized spacial score (nSPS) is 17.0. The minimum absolute atomic E-state index is 0. The number of halogens is 1. The molecule has 1 fully saturated rings. The molecule has 1 atom stereocenters. The Morgan fingerprint density at radius 2 is 1.83 bits per heavy atom. The summed E-state index contributed by atoms with van der Waals surface area (Å²) in [4.78, 5) is 11.0. The van der Waals surface area contributed by atoms with E-state index >= 15 is 0 Å². The van der Waals surface area contributed by atoms with Crippen LogP contribution in [-0.2, 0) is 4.79 Å². The zero-order valence-electron chi connectivity index (χ0n) is 16.2. The topological polar surface area (TPSA) is 43.1 Å². The van der Waals surface area contributed by atoms with Crippen molar-refractivity contribution in [1.29, 1.82) is 0 Å². The fraction of sp³-hybridized carbons (Fsp3) is 0.850. The van der Waals surface area contributed by atoms with Crippen LogP contribution in [0.25, 0.3) is 0 Å². The molecule has 23 heavy (non-hydrogen) atoms. The Labute approximate surface area is 145 Å². The van der Waals surface area contributed by atoms with Crippen LogP contribution < -0.4 is 5.73 Å². The van der Waals surface area contributed by atoms with Crippen LogP contribution in [0.3, 0.4) is 0 Å². The van der Waals surface area contributed by atoms with E-state index in [1.165, 1.54) is 25.7 Å². The van der Waals surface area contributed by atoms with Gasteiger partial charge in [-0.1, -0.05) is 84.8 Å². The van der Waals surface area contributed by atoms with Gasteiger partial charge in [0.25, 0.3) is 5.91 Å². The number of hydrogen-bond donors (Lipinski definition) is 1. The number of rotatable bonds is 8. The molecular weight excluding hydrogens is 289 g/mol. The number of hydrogen-bond acceptors (Lipinski definition) is 1. The van der Waals surface area contributed by atoms with E-state index in [-0.39, 0.29) is 14.3 Å². The highest BCUT2D eigenvalue weighted by molar-refractivity contribution is 5.83. The molecule has 0 radical (unpaired) electrons. The molecule has 0 aromatic carbocycles. The summed E-state index contributed by atoms with van der Waals surface area (Å²) in [5.74, 6) is 0.210. The van der Waals surface area contributed by atoms with Crippen LogP contribution in [0.1, 0.15) is 100 Å². The highest BCUT2D eigenvalue weighted by Gasteiger charge is 2.34. The Hall–Kier alpha value is -0.860. The number of carbonyl (C=O) groups excluding carboxylic acids is 1. The number of unbranched alkanes of at least 4 members (excludes halogenated alkanes) is 3. The van der Waals surface area contributed by atoms with Crippen LogP contribution in [0, 0.1) is 5.92 Å². The quantitative estimate of drug-likeness (QED) is 0.396. The summed E-state index contributed by atoms with van der Waals surface area (Å²) in [6, 6.07) is 0. The summed E-state index contributed by atoms with van der Waals surface area (Å²) in [6.07, 6.45) is 13.6. The van der Waals surface area contributed by atoms with Crippen molar-refractivity contribution in [3.8, 4) is 0 Å². The fourth-order valence-corrected chi connectivity index (χ4v) is 2.59. The molecule has 0 heterocycles. The first-order chi connectivity index (χ1) is 11.0. The summed E-state index contributed by atoms with van der Waals surface area (Å²) in [6.45, 7) is 10.2. The van der Waals surface area contributed by atoms with Gasteiger partial charge in [-0.05, 0) is 25.7 Å². The Bertz CT molecular complexity index is 304. The molecule has 1 rings (SSSR count). The highest BCUT2D eigenvalue weighted by Crippen LogP contribution is 2.24. The third-order valence-electron chi connectivity index (χ3n) is 4.19. The smallest absolute Gasteiger partial charge is 0.255 e. The average molecular weight is 332 g/mol. The van der Waals surface area contributed by atoms with Gasteiger partial charge >= 0.3 is 0 Å². The van der Waals surface area contributed by atoms with Crippen molar-refractivity contribution in [1.82, 2.24) is 0 Å². The van der Waals surface area contributed by atoms with E-state index in [2.05, 4.69) is 13.8 Å². The lowest BCUT2D eigenvalue weighted by molar-refractivity contribution is -0.129. The lowest BCUT2D eigenvalue weighted by Gasteiger charge is -2.19. The third-order valence-corrected chi connectivity index (χ3v) is 4.19. The van der Waals surface area contributed by atoms with Gasteiger partial charge in [0.05, 0.1) is 0 Å². The summed E-state index contributed by atoms with van der Waals surface area (Å²) in [5.41, 5.74) is 3.23. The van der Waals surface area contributed by atoms with Crippen molar-refractivity contribution in [2.75, 3.05) is 0 Å². The number of alkyl halides is 1. The molecule has 140 valence electrons. The summed E-state index contributed by atoms with van der Waals surface area (Å²) in [7, 11) is 0. The zero-order chi connectivity index (χ0) is 18.1. The molecule has 0 aromatic rings. The van der Waals surface area contributed by atoms with Crippen molar-refractivity contribution in [2.24, 2.45) is 11.7 Å². The van der Waals surface area contributed by atoms with Crippen molar-refractivity contribution in [3.05, 3.63) is 12.2 Å². The second kappa shape index (κ2) is 16.0. The minimum Gasteiger partial charge on any atom is -0.367 e. The van der Waals surface area contributed by atoms with Crippen LogP contribution in [0.4, 0.5) is 4.39 Å². The van der Waals surface area contributed by atoms with E-state index in [9.17, 15) is 9.18 Å². The molecule has 2 N–H and O–H groups in total. The number of allylic oxidation sites excluding steroid dienone is 2. The average Bonchev–Trinajstić information content (AvgIpc) is 3.03. The van der Waals surface area contributed by atoms with E-state index in [1.54, 1.807) is 19.1 Å². The zero-order valence-corrected chi connectivity index (χ0v) is 16.2. The van der Waals surface area contributed by atoms with Gasteiger partial charge in [0, 0.05) is 7.85 Å². The third kappa shape index (κ3) is 13.3. The van der Waals surface area contributed by atoms with Gasteiger partial charge in [0.15, 0.2) is 5.67 Å². The van der Waals surface area contributed by atoms with Gasteiger partial charge in [-0.2, -0.15) is 0 Å². The van der Waals surface area contributed by atoms with E-state index in [0.29, 0.717) is 0 Å². The molecule has 1 saturated carbocycles. The second-order valence-corrected chi connectivity index (χ2v) is 6.30. The van der Waals surface area contributed by atoms with Crippen LogP contribution in [0.2, 0.25) is 0 Å². The van der Waals surface area contributed by atoms with E-state index < -0.39 is 11.6 Å². The van der Waals surface area contributed by atoms with Crippen LogP contribution in [-0.4, -0.2) is 11.6 Å². The van der Waals surface area contributed by atoms with Gasteiger partial charge in [-0.15, -0.1) is 0 Å². The maximum atomic E-state index is 14.0. The molecule has 0 bridgehead atoms. The minimum atomic E-state index is -1.85. The monoisotopic (exact) mass is 331 g/mol. The number of nitrogens with two attached hydrogens (primary N) is 1. The largest absolute Gasteiger partial charge is 0.367 e. The predicted octanol–water partition coefficient (Wildman–Crippen LogP) is 6.59. The molecule has 1 amide bonds. The number of carbonyl (C=O) groups is 1. The van der Waals surface area contributed by atoms with E-state index in [0.717, 1.165) is 31.6 Å². The summed E-state index contributed by atoms with van der Waals surface area (Å²) < 4.78 is 14.0. The molecule has 1 aliphatic carbocycles. The Kier molecular flexibility index (Phi) is 17.0. The molecule has 3 heteroatoms. The molecular formula is C20H42FNO. The Morgan fingerprint density at radius 3 is 2.17 bits per heavy atom. The lowest BCUT2D eigenvalue weighted by Crippen LogP contribution is -2.39. The number of primary amides is 1. The van der Waals surface area contributed by atoms with Crippen molar-refractivity contribution < 1.29 is 10.6 Å². The van der Waals surface area contributed by atoms with Crippen molar-refractivity contribution in [2.45, 2.75) is 104 Å². The highest BCUT2D eigenvalue weighted by atomic mass is 19.1. The molecule has 0 aromatic heterocycles. The van der Waals surface area contributed by atoms with E-state index in [4.69, 9.17) is 5.73 Å². The van der Waals surface area contributed by atoms with E-state index in [1.807, 2.05) is 13.8 Å². The van der Waals surface area contributed by atoms with Crippen LogP contribution in [0.15, 0.2) is 12.2 Å². The molecule has 0 spiro atoms. The van der Waals surface area contributed by atoms with Gasteiger partial charge in [0.2, 0.25) is 0 Å². The Morgan fingerprint density at radius 1 is 1.26 bits per heavy atom. The van der Waals surface area contributed by atoms with Crippen LogP contribution >= 0.6 is 0 Å². The lowest BCUT2D eigenvalue weighted by atomic mass is 9.93. The maximum absolute atomic E-state index is 14.0. The number of amides is 1.